The average Bonchev–Trinajstić information content (AvgIpc) is 3.17. The number of hydrogen-bond donors (Lipinski definition) is 1. The van der Waals surface area contributed by atoms with E-state index in [-0.39, 0.29) is 23.1 Å². The summed E-state index contributed by atoms with van der Waals surface area (Å²) in [5.74, 6) is 0.800. The fourth-order valence-electron chi connectivity index (χ4n) is 3.40. The number of aromatic nitrogens is 2. The third kappa shape index (κ3) is 4.51. The molecule has 0 saturated carbocycles. The van der Waals surface area contributed by atoms with Crippen molar-refractivity contribution in [1.29, 1.82) is 0 Å². The molecule has 146 valence electrons. The van der Waals surface area contributed by atoms with Crippen LogP contribution in [0.1, 0.15) is 30.1 Å². The third-order valence-electron chi connectivity index (χ3n) is 4.58. The topological polar surface area (TPSA) is 93.5 Å². The summed E-state index contributed by atoms with van der Waals surface area (Å²) in [5.41, 5.74) is 0.116. The molecule has 8 nitrogen and oxygen atoms in total. The van der Waals surface area contributed by atoms with Crippen LogP contribution >= 0.6 is 0 Å². The van der Waals surface area contributed by atoms with Gasteiger partial charge in [-0.1, -0.05) is 0 Å². The van der Waals surface area contributed by atoms with Crippen molar-refractivity contribution in [2.24, 2.45) is 0 Å². The lowest BCUT2D eigenvalue weighted by Crippen LogP contribution is -2.34. The molecule has 0 radical (unpaired) electrons. The van der Waals surface area contributed by atoms with E-state index < -0.39 is 11.5 Å². The number of aromatic amines is 1. The van der Waals surface area contributed by atoms with E-state index >= 15 is 0 Å². The van der Waals surface area contributed by atoms with Gasteiger partial charge < -0.3 is 14.5 Å². The number of nitrogens with one attached hydrogen (secondary N) is 1. The summed E-state index contributed by atoms with van der Waals surface area (Å²) in [6.07, 6.45) is 5.39. The maximum atomic E-state index is 12.6. The van der Waals surface area contributed by atoms with Crippen LogP contribution in [0, 0.1) is 10.1 Å². The van der Waals surface area contributed by atoms with E-state index in [4.69, 9.17) is 4.74 Å². The van der Waals surface area contributed by atoms with Gasteiger partial charge in [0.25, 0.3) is 5.69 Å². The summed E-state index contributed by atoms with van der Waals surface area (Å²) < 4.78 is 34.5. The number of ether oxygens (including phenoxy) is 2. The highest BCUT2D eigenvalue weighted by Crippen LogP contribution is 2.37. The van der Waals surface area contributed by atoms with Gasteiger partial charge in [0.05, 0.1) is 18.1 Å². The zero-order valence-corrected chi connectivity index (χ0v) is 14.7. The normalized spacial score (nSPS) is 17.9. The molecule has 2 aromatic rings. The molecule has 27 heavy (non-hydrogen) atoms. The highest BCUT2D eigenvalue weighted by atomic mass is 19.3. The van der Waals surface area contributed by atoms with E-state index in [9.17, 15) is 18.9 Å². The van der Waals surface area contributed by atoms with Crippen molar-refractivity contribution in [2.75, 3.05) is 20.2 Å². The number of piperidine rings is 1. The Morgan fingerprint density at radius 2 is 2.26 bits per heavy atom. The molecule has 10 heteroatoms. The van der Waals surface area contributed by atoms with Crippen LogP contribution in [0.3, 0.4) is 0 Å². The summed E-state index contributed by atoms with van der Waals surface area (Å²) in [6.45, 7) is -1.31. The third-order valence-corrected chi connectivity index (χ3v) is 4.58. The smallest absolute Gasteiger partial charge is 0.387 e. The van der Waals surface area contributed by atoms with Gasteiger partial charge in [-0.05, 0) is 25.5 Å². The molecule has 1 aromatic carbocycles. The van der Waals surface area contributed by atoms with Gasteiger partial charge in [-0.3, -0.25) is 15.0 Å². The monoisotopic (exact) mass is 382 g/mol. The molecule has 1 fully saturated rings. The number of alkyl halides is 2. The first-order valence-corrected chi connectivity index (χ1v) is 8.49. The van der Waals surface area contributed by atoms with E-state index in [0.717, 1.165) is 31.3 Å². The van der Waals surface area contributed by atoms with E-state index in [2.05, 4.69) is 19.6 Å². The maximum absolute atomic E-state index is 12.6. The minimum absolute atomic E-state index is 0.0375. The van der Waals surface area contributed by atoms with Crippen molar-refractivity contribution in [2.45, 2.75) is 31.9 Å². The van der Waals surface area contributed by atoms with Crippen LogP contribution in [0.2, 0.25) is 0 Å². The lowest BCUT2D eigenvalue weighted by Gasteiger charge is -2.31. The van der Waals surface area contributed by atoms with Gasteiger partial charge in [0, 0.05) is 37.0 Å². The number of likely N-dealkylation sites (tertiary alicyclic amines) is 1. The Kier molecular flexibility index (Phi) is 5.84. The number of hydrogen-bond acceptors (Lipinski definition) is 6. The van der Waals surface area contributed by atoms with Crippen molar-refractivity contribution >= 4 is 5.69 Å². The van der Waals surface area contributed by atoms with Crippen molar-refractivity contribution in [3.8, 4) is 11.5 Å². The highest BCUT2D eigenvalue weighted by molar-refractivity contribution is 5.54. The van der Waals surface area contributed by atoms with Crippen LogP contribution in [0.15, 0.2) is 24.5 Å². The maximum Gasteiger partial charge on any atom is 0.387 e. The van der Waals surface area contributed by atoms with E-state index in [0.29, 0.717) is 18.7 Å². The predicted molar refractivity (Wildman–Crippen MR) is 92.1 cm³/mol. The molecular formula is C17H20F2N4O4. The largest absolute Gasteiger partial charge is 0.493 e. The number of halogens is 2. The van der Waals surface area contributed by atoms with Crippen molar-refractivity contribution in [3.05, 3.63) is 46.0 Å². The number of rotatable bonds is 7. The first kappa shape index (κ1) is 19.0. The Morgan fingerprint density at radius 3 is 2.89 bits per heavy atom. The molecule has 0 unspecified atom stereocenters. The van der Waals surface area contributed by atoms with Crippen molar-refractivity contribution in [3.63, 3.8) is 0 Å². The standard InChI is InChI=1S/C17H20F2N4O4/c1-26-14-7-12(13(23(24)25)8-15(14)27-17(18)19)10-22-6-2-3-11(9-22)16-20-4-5-21-16/h4-5,7-8,11,17H,2-3,6,9-10H2,1H3,(H,20,21)/t11-/m0/s1. The molecule has 0 bridgehead atoms. The quantitative estimate of drug-likeness (QED) is 0.583. The van der Waals surface area contributed by atoms with Gasteiger partial charge in [0.2, 0.25) is 0 Å². The molecule has 1 aliphatic rings. The molecule has 0 amide bonds. The second-order valence-corrected chi connectivity index (χ2v) is 6.32. The summed E-state index contributed by atoms with van der Waals surface area (Å²) in [4.78, 5) is 20.3. The van der Waals surface area contributed by atoms with Crippen LogP contribution < -0.4 is 9.47 Å². The number of H-pyrrole nitrogens is 1. The van der Waals surface area contributed by atoms with Gasteiger partial charge in [0.1, 0.15) is 5.82 Å². The molecule has 0 aliphatic carbocycles. The van der Waals surface area contributed by atoms with Gasteiger partial charge in [-0.25, -0.2) is 4.98 Å². The zero-order chi connectivity index (χ0) is 19.4. The van der Waals surface area contributed by atoms with Gasteiger partial charge in [0.15, 0.2) is 11.5 Å². The molecular weight excluding hydrogens is 362 g/mol. The lowest BCUT2D eigenvalue weighted by atomic mass is 9.96. The summed E-state index contributed by atoms with van der Waals surface area (Å²) >= 11 is 0. The van der Waals surface area contributed by atoms with E-state index in [1.165, 1.54) is 13.2 Å². The van der Waals surface area contributed by atoms with Gasteiger partial charge >= 0.3 is 6.61 Å². The number of nitro benzene ring substituents is 1. The number of benzene rings is 1. The first-order chi connectivity index (χ1) is 13.0. The molecule has 1 saturated heterocycles. The molecule has 1 atom stereocenters. The number of methoxy groups -OCH3 is 1. The summed E-state index contributed by atoms with van der Waals surface area (Å²) in [5, 5.41) is 11.4. The van der Waals surface area contributed by atoms with Crippen LogP contribution in [-0.2, 0) is 6.54 Å². The molecule has 1 aliphatic heterocycles. The summed E-state index contributed by atoms with van der Waals surface area (Å²) in [6, 6.07) is 2.39. The molecule has 1 aromatic heterocycles. The van der Waals surface area contributed by atoms with Crippen molar-refractivity contribution < 1.29 is 23.2 Å². The zero-order valence-electron chi connectivity index (χ0n) is 14.7. The average molecular weight is 382 g/mol. The Morgan fingerprint density at radius 1 is 1.44 bits per heavy atom. The first-order valence-electron chi connectivity index (χ1n) is 8.49. The number of nitrogens with zero attached hydrogens (tertiary/aromatic N) is 3. The van der Waals surface area contributed by atoms with Crippen molar-refractivity contribution in [1.82, 2.24) is 14.9 Å². The van der Waals surface area contributed by atoms with Crippen LogP contribution in [0.25, 0.3) is 0 Å². The fraction of sp³-hybridized carbons (Fsp3) is 0.471. The van der Waals surface area contributed by atoms with Gasteiger partial charge in [-0.2, -0.15) is 8.78 Å². The second kappa shape index (κ2) is 8.30. The van der Waals surface area contributed by atoms with Gasteiger partial charge in [-0.15, -0.1) is 0 Å². The summed E-state index contributed by atoms with van der Waals surface area (Å²) in [7, 11) is 1.30. The molecule has 0 spiro atoms. The van der Waals surface area contributed by atoms with Crippen LogP contribution in [0.4, 0.5) is 14.5 Å². The van der Waals surface area contributed by atoms with Crippen LogP contribution in [0.5, 0.6) is 11.5 Å². The second-order valence-electron chi connectivity index (χ2n) is 6.32. The number of nitro groups is 1. The predicted octanol–water partition coefficient (Wildman–Crippen LogP) is 3.31. The van der Waals surface area contributed by atoms with E-state index in [1.807, 2.05) is 0 Å². The minimum atomic E-state index is -3.10. The fourth-order valence-corrected chi connectivity index (χ4v) is 3.40. The molecule has 3 rings (SSSR count). The lowest BCUT2D eigenvalue weighted by molar-refractivity contribution is -0.385. The van der Waals surface area contributed by atoms with Crippen LogP contribution in [-0.4, -0.2) is 46.6 Å². The molecule has 1 N–H and O–H groups in total. The Labute approximate surface area is 154 Å². The minimum Gasteiger partial charge on any atom is -0.493 e. The highest BCUT2D eigenvalue weighted by Gasteiger charge is 2.27. The van der Waals surface area contributed by atoms with E-state index in [1.54, 1.807) is 12.4 Å². The SMILES string of the molecule is COc1cc(CN2CCC[C@H](c3ncc[nH]3)C2)c([N+](=O)[O-])cc1OC(F)F. The molecule has 2 heterocycles. The number of imidazole rings is 1. The Balaban J connectivity index is 1.83. The Hall–Kier alpha value is -2.75. The Bertz CT molecular complexity index is 785.